The Morgan fingerprint density at radius 3 is 2.28 bits per heavy atom. The highest BCUT2D eigenvalue weighted by Gasteiger charge is 2.38. The molecule has 0 saturated carbocycles. The second-order valence-electron chi connectivity index (χ2n) is 5.19. The van der Waals surface area contributed by atoms with E-state index < -0.39 is 20.7 Å². The van der Waals surface area contributed by atoms with Crippen LogP contribution in [0.25, 0.3) is 0 Å². The smallest absolute Gasteiger partial charge is 0.157 e. The monoisotopic (exact) mass is 270 g/mol. The van der Waals surface area contributed by atoms with E-state index in [1.54, 1.807) is 13.8 Å². The van der Waals surface area contributed by atoms with Crippen molar-refractivity contribution in [3.63, 3.8) is 0 Å². The van der Waals surface area contributed by atoms with E-state index in [2.05, 4.69) is 0 Å². The summed E-state index contributed by atoms with van der Waals surface area (Å²) in [6.07, 6.45) is 0.470. The Morgan fingerprint density at radius 2 is 1.78 bits per heavy atom. The molecule has 0 heterocycles. The minimum atomic E-state index is -3.28. The third kappa shape index (κ3) is 3.56. The first-order valence-corrected chi connectivity index (χ1v) is 7.87. The maximum absolute atomic E-state index is 12.1. The fourth-order valence-electron chi connectivity index (χ4n) is 1.63. The van der Waals surface area contributed by atoms with Gasteiger partial charge in [-0.15, -0.1) is 0 Å². The van der Waals surface area contributed by atoms with Crippen LogP contribution in [0.3, 0.4) is 0 Å². The number of hydrogen-bond donors (Lipinski definition) is 1. The fourth-order valence-corrected chi connectivity index (χ4v) is 3.20. The molecule has 0 radical (unpaired) electrons. The van der Waals surface area contributed by atoms with Crippen molar-refractivity contribution in [1.82, 2.24) is 0 Å². The molecule has 0 aromatic heterocycles. The summed E-state index contributed by atoms with van der Waals surface area (Å²) in [5, 5.41) is 9.55. The van der Waals surface area contributed by atoms with E-state index >= 15 is 0 Å². The number of aliphatic hydroxyl groups excluding tert-OH is 1. The molecule has 1 N–H and O–H groups in total. The van der Waals surface area contributed by atoms with Crippen LogP contribution in [0.5, 0.6) is 0 Å². The van der Waals surface area contributed by atoms with Gasteiger partial charge in [0.25, 0.3) is 0 Å². The Bertz CT molecular complexity index is 461. The lowest BCUT2D eigenvalue weighted by Gasteiger charge is -2.27. The fraction of sp³-hybridized carbons (Fsp3) is 0.571. The topological polar surface area (TPSA) is 54.4 Å². The summed E-state index contributed by atoms with van der Waals surface area (Å²) < 4.78 is 23.2. The molecule has 0 amide bonds. The predicted octanol–water partition coefficient (Wildman–Crippen LogP) is 2.19. The molecule has 1 aromatic rings. The highest BCUT2D eigenvalue weighted by molar-refractivity contribution is 7.92. The largest absolute Gasteiger partial charge is 0.392 e. The first-order chi connectivity index (χ1) is 8.27. The lowest BCUT2D eigenvalue weighted by atomic mass is 10.1. The van der Waals surface area contributed by atoms with E-state index in [0.29, 0.717) is 6.42 Å². The van der Waals surface area contributed by atoms with Crippen molar-refractivity contribution in [2.75, 3.05) is 5.75 Å². The van der Waals surface area contributed by atoms with E-state index in [9.17, 15) is 13.5 Å². The molecular weight excluding hydrogens is 248 g/mol. The van der Waals surface area contributed by atoms with E-state index in [4.69, 9.17) is 0 Å². The molecule has 1 unspecified atom stereocenters. The number of sulfone groups is 1. The SMILES string of the molecule is CC(O)C(C)(C)S(=O)(=O)CCCc1ccccc1. The second kappa shape index (κ2) is 5.85. The number of aryl methyl sites for hydroxylation is 1. The van der Waals surface area contributed by atoms with Gasteiger partial charge in [-0.25, -0.2) is 8.42 Å². The number of rotatable bonds is 6. The molecule has 1 aromatic carbocycles. The Balaban J connectivity index is 2.58. The molecule has 0 aliphatic carbocycles. The van der Waals surface area contributed by atoms with Gasteiger partial charge in [-0.3, -0.25) is 0 Å². The molecule has 0 spiro atoms. The molecule has 18 heavy (non-hydrogen) atoms. The predicted molar refractivity (Wildman–Crippen MR) is 74.3 cm³/mol. The van der Waals surface area contributed by atoms with Gasteiger partial charge < -0.3 is 5.11 Å². The molecule has 1 rings (SSSR count). The summed E-state index contributed by atoms with van der Waals surface area (Å²) in [4.78, 5) is 0. The Kier molecular flexibility index (Phi) is 4.93. The van der Waals surface area contributed by atoms with Crippen molar-refractivity contribution in [1.29, 1.82) is 0 Å². The van der Waals surface area contributed by atoms with Crippen LogP contribution >= 0.6 is 0 Å². The summed E-state index contributed by atoms with van der Waals surface area (Å²) in [5.74, 6) is 0.111. The normalized spacial score (nSPS) is 14.4. The maximum Gasteiger partial charge on any atom is 0.157 e. The second-order valence-corrected chi connectivity index (χ2v) is 7.88. The van der Waals surface area contributed by atoms with Crippen molar-refractivity contribution < 1.29 is 13.5 Å². The molecule has 0 bridgehead atoms. The average molecular weight is 270 g/mol. The molecule has 0 aliphatic heterocycles. The minimum Gasteiger partial charge on any atom is -0.392 e. The third-order valence-corrected chi connectivity index (χ3v) is 6.30. The van der Waals surface area contributed by atoms with Gasteiger partial charge in [-0.05, 0) is 39.2 Å². The molecule has 4 heteroatoms. The zero-order valence-corrected chi connectivity index (χ0v) is 12.1. The van der Waals surface area contributed by atoms with Gasteiger partial charge in [0, 0.05) is 0 Å². The van der Waals surface area contributed by atoms with Crippen LogP contribution < -0.4 is 0 Å². The van der Waals surface area contributed by atoms with Crippen molar-refractivity contribution in [3.05, 3.63) is 35.9 Å². The molecule has 3 nitrogen and oxygen atoms in total. The Hall–Kier alpha value is -0.870. The van der Waals surface area contributed by atoms with Crippen LogP contribution in [0.2, 0.25) is 0 Å². The van der Waals surface area contributed by atoms with E-state index in [0.717, 1.165) is 12.0 Å². The van der Waals surface area contributed by atoms with Crippen LogP contribution in [-0.2, 0) is 16.3 Å². The zero-order valence-electron chi connectivity index (χ0n) is 11.3. The number of hydrogen-bond acceptors (Lipinski definition) is 3. The molecule has 0 saturated heterocycles. The standard InChI is InChI=1S/C14H22O3S/c1-12(15)14(2,3)18(16,17)11-7-10-13-8-5-4-6-9-13/h4-6,8-9,12,15H,7,10-11H2,1-3H3. The molecule has 1 atom stereocenters. The van der Waals surface area contributed by atoms with Crippen LogP contribution in [-0.4, -0.2) is 30.1 Å². The highest BCUT2D eigenvalue weighted by atomic mass is 32.2. The van der Waals surface area contributed by atoms with Crippen LogP contribution in [0, 0.1) is 0 Å². The van der Waals surface area contributed by atoms with Crippen molar-refractivity contribution in [2.24, 2.45) is 0 Å². The van der Waals surface area contributed by atoms with Gasteiger partial charge in [0.1, 0.15) is 0 Å². The summed E-state index contributed by atoms with van der Waals surface area (Å²) in [6.45, 7) is 4.68. The number of benzene rings is 1. The summed E-state index contributed by atoms with van der Waals surface area (Å²) in [5.41, 5.74) is 1.14. The summed E-state index contributed by atoms with van der Waals surface area (Å²) in [6, 6.07) is 9.82. The quantitative estimate of drug-likeness (QED) is 0.862. The van der Waals surface area contributed by atoms with E-state index in [1.807, 2.05) is 30.3 Å². The van der Waals surface area contributed by atoms with Gasteiger partial charge in [-0.2, -0.15) is 0 Å². The number of aliphatic hydroxyl groups is 1. The lowest BCUT2D eigenvalue weighted by Crippen LogP contribution is -2.43. The van der Waals surface area contributed by atoms with Gasteiger partial charge in [0.15, 0.2) is 9.84 Å². The van der Waals surface area contributed by atoms with Crippen molar-refractivity contribution in [2.45, 2.75) is 44.5 Å². The van der Waals surface area contributed by atoms with E-state index in [-0.39, 0.29) is 5.75 Å². The third-order valence-electron chi connectivity index (χ3n) is 3.53. The van der Waals surface area contributed by atoms with E-state index in [1.165, 1.54) is 6.92 Å². The zero-order chi connectivity index (χ0) is 13.8. The lowest BCUT2D eigenvalue weighted by molar-refractivity contribution is 0.156. The molecule has 0 aliphatic rings. The van der Waals surface area contributed by atoms with Crippen molar-refractivity contribution >= 4 is 9.84 Å². The summed E-state index contributed by atoms with van der Waals surface area (Å²) >= 11 is 0. The molecule has 102 valence electrons. The Labute approximate surface area is 110 Å². The average Bonchev–Trinajstić information content (AvgIpc) is 2.29. The van der Waals surface area contributed by atoms with Crippen LogP contribution in [0.4, 0.5) is 0 Å². The van der Waals surface area contributed by atoms with Gasteiger partial charge in [-0.1, -0.05) is 30.3 Å². The minimum absolute atomic E-state index is 0.111. The van der Waals surface area contributed by atoms with Crippen LogP contribution in [0.1, 0.15) is 32.8 Å². The maximum atomic E-state index is 12.1. The molecule has 0 fully saturated rings. The first-order valence-electron chi connectivity index (χ1n) is 6.21. The van der Waals surface area contributed by atoms with Gasteiger partial charge in [0.05, 0.1) is 16.6 Å². The van der Waals surface area contributed by atoms with Gasteiger partial charge >= 0.3 is 0 Å². The molecular formula is C14H22O3S. The summed E-state index contributed by atoms with van der Waals surface area (Å²) in [7, 11) is -3.28. The highest BCUT2D eigenvalue weighted by Crippen LogP contribution is 2.22. The Morgan fingerprint density at radius 1 is 1.22 bits per heavy atom. The van der Waals surface area contributed by atoms with Crippen molar-refractivity contribution in [3.8, 4) is 0 Å². The first kappa shape index (κ1) is 15.2. The van der Waals surface area contributed by atoms with Crippen LogP contribution in [0.15, 0.2) is 30.3 Å². The van der Waals surface area contributed by atoms with Gasteiger partial charge in [0.2, 0.25) is 0 Å².